The van der Waals surface area contributed by atoms with Gasteiger partial charge in [0.1, 0.15) is 0 Å². The molecule has 2 aliphatic heterocycles. The van der Waals surface area contributed by atoms with Crippen LogP contribution in [0.15, 0.2) is 67.3 Å². The fraction of sp³-hybridized carbons (Fsp3) is 0.394. The van der Waals surface area contributed by atoms with Crippen molar-refractivity contribution in [2.24, 2.45) is 0 Å². The lowest BCUT2D eigenvalue weighted by Crippen LogP contribution is -2.59. The standard InChI is InChI=1S/C27H30N4O2.3C2HF3O2/c1-20-11-21(2)13-23(12-20)16-30-18-25(24-6-4-8-29-15-24)27(19-30)26(32)31(9-10-33-27)17-22-5-3-7-28-14-22;3*3-2(4,5)1(6)7/h3-8,11-15,25H,9-10,16-19H2,1-2H3;3*(H,6,7). The van der Waals surface area contributed by atoms with E-state index < -0.39 is 42.0 Å². The number of hydrogen-bond donors (Lipinski definition) is 3. The van der Waals surface area contributed by atoms with Gasteiger partial charge >= 0.3 is 36.4 Å². The highest BCUT2D eigenvalue weighted by atomic mass is 19.4. The first kappa shape index (κ1) is 44.8. The molecule has 2 aromatic heterocycles. The predicted octanol–water partition coefficient (Wildman–Crippen LogP) is 5.39. The zero-order valence-electron chi connectivity index (χ0n) is 28.2. The van der Waals surface area contributed by atoms with Gasteiger partial charge in [-0.05, 0) is 42.7 Å². The van der Waals surface area contributed by atoms with Crippen molar-refractivity contribution in [2.75, 3.05) is 26.2 Å². The maximum atomic E-state index is 14.0. The molecule has 1 spiro atoms. The molecule has 1 aromatic carbocycles. The molecule has 296 valence electrons. The van der Waals surface area contributed by atoms with Crippen molar-refractivity contribution in [1.29, 1.82) is 0 Å². The Balaban J connectivity index is 0.000000393. The minimum atomic E-state index is -5.08. The molecule has 1 amide bonds. The van der Waals surface area contributed by atoms with Gasteiger partial charge in [0.2, 0.25) is 0 Å². The summed E-state index contributed by atoms with van der Waals surface area (Å²) < 4.78 is 102. The summed E-state index contributed by atoms with van der Waals surface area (Å²) in [7, 11) is 0. The molecule has 0 radical (unpaired) electrons. The highest BCUT2D eigenvalue weighted by Crippen LogP contribution is 2.42. The van der Waals surface area contributed by atoms with Crippen LogP contribution in [0.5, 0.6) is 0 Å². The average Bonchev–Trinajstić information content (AvgIpc) is 3.41. The summed E-state index contributed by atoms with van der Waals surface area (Å²) in [6.45, 7) is 8.05. The van der Waals surface area contributed by atoms with Crippen LogP contribution in [0.2, 0.25) is 0 Å². The number of morpholine rings is 1. The van der Waals surface area contributed by atoms with Gasteiger partial charge in [-0.2, -0.15) is 39.5 Å². The van der Waals surface area contributed by atoms with E-state index in [1.807, 2.05) is 35.5 Å². The summed E-state index contributed by atoms with van der Waals surface area (Å²) in [5, 5.41) is 21.4. The Kier molecular flexibility index (Phi) is 15.5. The molecular weight excluding hydrogens is 751 g/mol. The molecule has 2 unspecified atom stereocenters. The van der Waals surface area contributed by atoms with Crippen LogP contribution in [0.4, 0.5) is 39.5 Å². The molecule has 4 heterocycles. The van der Waals surface area contributed by atoms with Crippen LogP contribution in [-0.4, -0.2) is 109 Å². The predicted molar refractivity (Wildman–Crippen MR) is 168 cm³/mol. The van der Waals surface area contributed by atoms with Crippen molar-refractivity contribution in [3.63, 3.8) is 0 Å². The number of aromatic nitrogens is 2. The maximum Gasteiger partial charge on any atom is 0.490 e. The molecule has 3 N–H and O–H groups in total. The molecule has 54 heavy (non-hydrogen) atoms. The molecule has 21 heteroatoms. The second-order valence-corrected chi connectivity index (χ2v) is 11.7. The van der Waals surface area contributed by atoms with Gasteiger partial charge in [-0.3, -0.25) is 19.7 Å². The Morgan fingerprint density at radius 3 is 1.69 bits per heavy atom. The first-order chi connectivity index (χ1) is 24.9. The smallest absolute Gasteiger partial charge is 0.475 e. The van der Waals surface area contributed by atoms with Crippen LogP contribution >= 0.6 is 0 Å². The molecule has 0 saturated carbocycles. The summed E-state index contributed by atoms with van der Waals surface area (Å²) in [6.07, 6.45) is -8.01. The number of benzene rings is 1. The third-order valence-electron chi connectivity index (χ3n) is 7.43. The topological polar surface area (TPSA) is 170 Å². The lowest BCUT2D eigenvalue weighted by molar-refractivity contribution is -0.193. The fourth-order valence-electron chi connectivity index (χ4n) is 5.40. The number of aliphatic carboxylic acids is 3. The van der Waals surface area contributed by atoms with Gasteiger partial charge in [0.15, 0.2) is 5.60 Å². The Hall–Kier alpha value is -5.31. The third-order valence-corrected chi connectivity index (χ3v) is 7.43. The van der Waals surface area contributed by atoms with Gasteiger partial charge in [0.25, 0.3) is 5.91 Å². The van der Waals surface area contributed by atoms with E-state index >= 15 is 0 Å². The Morgan fingerprint density at radius 1 is 0.778 bits per heavy atom. The number of halogens is 9. The minimum Gasteiger partial charge on any atom is -0.475 e. The third kappa shape index (κ3) is 13.6. The molecule has 0 bridgehead atoms. The van der Waals surface area contributed by atoms with Gasteiger partial charge in [-0.15, -0.1) is 0 Å². The number of likely N-dealkylation sites (tertiary alicyclic amines) is 1. The molecule has 2 atom stereocenters. The molecule has 12 nitrogen and oxygen atoms in total. The van der Waals surface area contributed by atoms with E-state index in [4.69, 9.17) is 34.4 Å². The SMILES string of the molecule is Cc1cc(C)cc(CN2CC(c3cccnc3)C3(C2)OCCN(Cc2cccnc2)C3=O)c1.O=C(O)C(F)(F)F.O=C(O)C(F)(F)F.O=C(O)C(F)(F)F. The van der Waals surface area contributed by atoms with E-state index in [2.05, 4.69) is 53.0 Å². The number of pyridine rings is 2. The number of carbonyl (C=O) groups is 4. The van der Waals surface area contributed by atoms with Crippen LogP contribution in [-0.2, 0) is 37.0 Å². The number of rotatable bonds is 5. The average molecular weight is 785 g/mol. The Bertz CT molecular complexity index is 1650. The van der Waals surface area contributed by atoms with Crippen LogP contribution in [0.1, 0.15) is 33.7 Å². The molecule has 2 fully saturated rings. The lowest BCUT2D eigenvalue weighted by atomic mass is 9.83. The van der Waals surface area contributed by atoms with Gasteiger partial charge < -0.3 is 25.0 Å². The quantitative estimate of drug-likeness (QED) is 0.284. The van der Waals surface area contributed by atoms with E-state index in [0.29, 0.717) is 26.2 Å². The van der Waals surface area contributed by atoms with E-state index in [1.165, 1.54) is 16.7 Å². The monoisotopic (exact) mass is 784 g/mol. The molecule has 3 aromatic rings. The first-order valence-electron chi connectivity index (χ1n) is 15.3. The number of carbonyl (C=O) groups excluding carboxylic acids is 1. The van der Waals surface area contributed by atoms with Gasteiger partial charge in [-0.25, -0.2) is 14.4 Å². The van der Waals surface area contributed by atoms with E-state index in [0.717, 1.165) is 24.2 Å². The number of alkyl halides is 9. The van der Waals surface area contributed by atoms with Crippen LogP contribution in [0.25, 0.3) is 0 Å². The lowest BCUT2D eigenvalue weighted by Gasteiger charge is -2.42. The largest absolute Gasteiger partial charge is 0.490 e. The van der Waals surface area contributed by atoms with Crippen molar-refractivity contribution < 1.29 is 78.7 Å². The number of nitrogens with zero attached hydrogens (tertiary/aromatic N) is 4. The summed E-state index contributed by atoms with van der Waals surface area (Å²) >= 11 is 0. The fourth-order valence-corrected chi connectivity index (χ4v) is 5.40. The summed E-state index contributed by atoms with van der Waals surface area (Å²) in [5.41, 5.74) is 4.97. The highest BCUT2D eigenvalue weighted by Gasteiger charge is 2.57. The maximum absolute atomic E-state index is 14.0. The number of amides is 1. The van der Waals surface area contributed by atoms with Gasteiger partial charge in [-0.1, -0.05) is 41.5 Å². The van der Waals surface area contributed by atoms with Crippen molar-refractivity contribution in [1.82, 2.24) is 19.8 Å². The number of hydrogen-bond acceptors (Lipinski definition) is 8. The minimum absolute atomic E-state index is 0.0642. The zero-order chi connectivity index (χ0) is 41.1. The van der Waals surface area contributed by atoms with E-state index in [1.54, 1.807) is 12.4 Å². The molecular formula is C33H33F9N4O8. The second kappa shape index (κ2) is 18.6. The first-order valence-corrected chi connectivity index (χ1v) is 15.3. The van der Waals surface area contributed by atoms with Crippen molar-refractivity contribution >= 4 is 23.8 Å². The van der Waals surface area contributed by atoms with Crippen molar-refractivity contribution in [3.05, 3.63) is 95.1 Å². The van der Waals surface area contributed by atoms with Crippen LogP contribution in [0.3, 0.4) is 0 Å². The number of carboxylic acid groups (broad SMARTS) is 3. The number of ether oxygens (including phenoxy) is 1. The molecule has 2 aliphatic rings. The van der Waals surface area contributed by atoms with Gasteiger partial charge in [0, 0.05) is 63.4 Å². The molecule has 5 rings (SSSR count). The van der Waals surface area contributed by atoms with Gasteiger partial charge in [0.05, 0.1) is 6.61 Å². The van der Waals surface area contributed by atoms with Crippen LogP contribution < -0.4 is 0 Å². The zero-order valence-corrected chi connectivity index (χ0v) is 28.2. The number of carboxylic acids is 3. The van der Waals surface area contributed by atoms with E-state index in [9.17, 15) is 44.3 Å². The Morgan fingerprint density at radius 2 is 1.26 bits per heavy atom. The van der Waals surface area contributed by atoms with Crippen molar-refractivity contribution in [3.8, 4) is 0 Å². The van der Waals surface area contributed by atoms with E-state index in [-0.39, 0.29) is 11.8 Å². The molecule has 0 aliphatic carbocycles. The highest BCUT2D eigenvalue weighted by molar-refractivity contribution is 5.88. The Labute approximate surface area is 300 Å². The summed E-state index contributed by atoms with van der Waals surface area (Å²) in [6, 6.07) is 14.6. The number of aryl methyl sites for hydroxylation is 2. The van der Waals surface area contributed by atoms with Crippen LogP contribution in [0, 0.1) is 13.8 Å². The second-order valence-electron chi connectivity index (χ2n) is 11.7. The summed E-state index contributed by atoms with van der Waals surface area (Å²) in [4.78, 5) is 53.5. The molecule has 2 saturated heterocycles. The summed E-state index contributed by atoms with van der Waals surface area (Å²) in [5.74, 6) is -8.27. The normalized spacial score (nSPS) is 18.7. The van der Waals surface area contributed by atoms with Crippen molar-refractivity contribution in [2.45, 2.75) is 57.0 Å².